The summed E-state index contributed by atoms with van der Waals surface area (Å²) in [5.41, 5.74) is 2.11. The summed E-state index contributed by atoms with van der Waals surface area (Å²) in [5.74, 6) is 0.376. The number of aliphatic hydroxyl groups excluding tert-OH is 1. The first-order valence-electron chi connectivity index (χ1n) is 5.92. The number of rotatable bonds is 4. The van der Waals surface area contributed by atoms with Crippen LogP contribution < -0.4 is 4.74 Å². The minimum absolute atomic E-state index is 0.0452. The maximum absolute atomic E-state index is 10.3. The van der Waals surface area contributed by atoms with Crippen LogP contribution in [0.4, 0.5) is 0 Å². The van der Waals surface area contributed by atoms with Crippen LogP contribution in [0.1, 0.15) is 17.2 Å². The highest BCUT2D eigenvalue weighted by Crippen LogP contribution is 2.33. The lowest BCUT2D eigenvalue weighted by molar-refractivity contribution is 0.237. The SMILES string of the molecule is C=C(c1ccccc1)C(O)c1ccc(O)c(OC)c1. The summed E-state index contributed by atoms with van der Waals surface area (Å²) in [5, 5.41) is 19.9. The molecule has 0 saturated heterocycles. The molecule has 2 rings (SSSR count). The quantitative estimate of drug-likeness (QED) is 0.883. The zero-order valence-electron chi connectivity index (χ0n) is 10.7. The lowest BCUT2D eigenvalue weighted by atomic mass is 9.96. The fourth-order valence-electron chi connectivity index (χ4n) is 1.88. The van der Waals surface area contributed by atoms with E-state index in [1.807, 2.05) is 30.3 Å². The van der Waals surface area contributed by atoms with E-state index < -0.39 is 6.10 Å². The second-order valence-corrected chi connectivity index (χ2v) is 4.23. The van der Waals surface area contributed by atoms with Gasteiger partial charge in [0.15, 0.2) is 11.5 Å². The number of phenolic OH excluding ortho intramolecular Hbond substituents is 1. The molecule has 0 fully saturated rings. The van der Waals surface area contributed by atoms with Gasteiger partial charge >= 0.3 is 0 Å². The van der Waals surface area contributed by atoms with Gasteiger partial charge in [-0.2, -0.15) is 0 Å². The zero-order valence-corrected chi connectivity index (χ0v) is 10.7. The van der Waals surface area contributed by atoms with E-state index in [9.17, 15) is 10.2 Å². The van der Waals surface area contributed by atoms with Crippen molar-refractivity contribution in [1.29, 1.82) is 0 Å². The first kappa shape index (κ1) is 13.2. The highest BCUT2D eigenvalue weighted by molar-refractivity contribution is 5.68. The second-order valence-electron chi connectivity index (χ2n) is 4.23. The summed E-state index contributed by atoms with van der Waals surface area (Å²) in [6.45, 7) is 3.93. The van der Waals surface area contributed by atoms with Crippen LogP contribution in [0.2, 0.25) is 0 Å². The Kier molecular flexibility index (Phi) is 3.88. The number of ether oxygens (including phenoxy) is 1. The van der Waals surface area contributed by atoms with Crippen molar-refractivity contribution in [3.63, 3.8) is 0 Å². The van der Waals surface area contributed by atoms with E-state index in [1.165, 1.54) is 13.2 Å². The Hall–Kier alpha value is -2.26. The number of phenols is 1. The number of aromatic hydroxyl groups is 1. The van der Waals surface area contributed by atoms with Crippen molar-refractivity contribution in [2.24, 2.45) is 0 Å². The Balaban J connectivity index is 2.29. The molecule has 0 spiro atoms. The van der Waals surface area contributed by atoms with Gasteiger partial charge in [-0.1, -0.05) is 43.0 Å². The summed E-state index contributed by atoms with van der Waals surface area (Å²) >= 11 is 0. The third-order valence-electron chi connectivity index (χ3n) is 2.99. The standard InChI is InChI=1S/C16H16O3/c1-11(12-6-4-3-5-7-12)16(18)13-8-9-14(17)15(10-13)19-2/h3-10,16-18H,1H2,2H3. The van der Waals surface area contributed by atoms with Crippen LogP contribution in [-0.4, -0.2) is 17.3 Å². The molecule has 3 nitrogen and oxygen atoms in total. The third kappa shape index (κ3) is 2.77. The van der Waals surface area contributed by atoms with Crippen LogP contribution in [0.3, 0.4) is 0 Å². The average Bonchev–Trinajstić information content (AvgIpc) is 2.47. The van der Waals surface area contributed by atoms with Crippen molar-refractivity contribution >= 4 is 5.57 Å². The molecule has 0 aliphatic rings. The largest absolute Gasteiger partial charge is 0.504 e. The molecule has 0 radical (unpaired) electrons. The molecule has 0 saturated carbocycles. The molecule has 2 N–H and O–H groups in total. The molecule has 19 heavy (non-hydrogen) atoms. The number of benzene rings is 2. The highest BCUT2D eigenvalue weighted by Gasteiger charge is 2.15. The van der Waals surface area contributed by atoms with Crippen LogP contribution >= 0.6 is 0 Å². The molecule has 0 aliphatic heterocycles. The van der Waals surface area contributed by atoms with E-state index in [1.54, 1.807) is 12.1 Å². The molecule has 3 heteroatoms. The molecule has 0 aliphatic carbocycles. The van der Waals surface area contributed by atoms with E-state index in [0.29, 0.717) is 16.9 Å². The van der Waals surface area contributed by atoms with E-state index in [2.05, 4.69) is 6.58 Å². The van der Waals surface area contributed by atoms with Crippen molar-refractivity contribution < 1.29 is 14.9 Å². The number of hydrogen-bond donors (Lipinski definition) is 2. The maximum atomic E-state index is 10.3. The van der Waals surface area contributed by atoms with Gasteiger partial charge in [0.2, 0.25) is 0 Å². The number of aliphatic hydroxyl groups is 1. The molecule has 0 aromatic heterocycles. The van der Waals surface area contributed by atoms with Gasteiger partial charge in [0, 0.05) is 0 Å². The fourth-order valence-corrected chi connectivity index (χ4v) is 1.88. The van der Waals surface area contributed by atoms with Crippen molar-refractivity contribution in [3.05, 3.63) is 66.2 Å². The molecule has 2 aromatic rings. The molecule has 98 valence electrons. The molecule has 0 bridgehead atoms. The van der Waals surface area contributed by atoms with Crippen LogP contribution in [0, 0.1) is 0 Å². The van der Waals surface area contributed by atoms with Gasteiger partial charge in [0.1, 0.15) is 6.10 Å². The monoisotopic (exact) mass is 256 g/mol. The van der Waals surface area contributed by atoms with Gasteiger partial charge < -0.3 is 14.9 Å². The smallest absolute Gasteiger partial charge is 0.160 e. The number of methoxy groups -OCH3 is 1. The summed E-state index contributed by atoms with van der Waals surface area (Å²) in [4.78, 5) is 0. The summed E-state index contributed by atoms with van der Waals surface area (Å²) < 4.78 is 5.03. The fraction of sp³-hybridized carbons (Fsp3) is 0.125. The van der Waals surface area contributed by atoms with Crippen LogP contribution in [0.25, 0.3) is 5.57 Å². The van der Waals surface area contributed by atoms with Crippen LogP contribution in [0.15, 0.2) is 55.1 Å². The van der Waals surface area contributed by atoms with Crippen LogP contribution in [0.5, 0.6) is 11.5 Å². The molecule has 1 atom stereocenters. The molecule has 2 aromatic carbocycles. The topological polar surface area (TPSA) is 49.7 Å². The minimum Gasteiger partial charge on any atom is -0.504 e. The summed E-state index contributed by atoms with van der Waals surface area (Å²) in [6.07, 6.45) is -0.836. The predicted octanol–water partition coefficient (Wildman–Crippen LogP) is 3.15. The summed E-state index contributed by atoms with van der Waals surface area (Å²) in [7, 11) is 1.47. The van der Waals surface area contributed by atoms with E-state index in [0.717, 1.165) is 5.56 Å². The normalized spacial score (nSPS) is 11.9. The predicted molar refractivity (Wildman–Crippen MR) is 75.1 cm³/mol. The Morgan fingerprint density at radius 3 is 2.47 bits per heavy atom. The van der Waals surface area contributed by atoms with Gasteiger partial charge in [0.05, 0.1) is 7.11 Å². The minimum atomic E-state index is -0.836. The van der Waals surface area contributed by atoms with Gasteiger partial charge in [-0.05, 0) is 28.8 Å². The highest BCUT2D eigenvalue weighted by atomic mass is 16.5. The van der Waals surface area contributed by atoms with Gasteiger partial charge in [0.25, 0.3) is 0 Å². The molecule has 0 amide bonds. The van der Waals surface area contributed by atoms with Crippen molar-refractivity contribution in [2.45, 2.75) is 6.10 Å². The second kappa shape index (κ2) is 5.59. The van der Waals surface area contributed by atoms with Crippen molar-refractivity contribution in [1.82, 2.24) is 0 Å². The number of hydrogen-bond acceptors (Lipinski definition) is 3. The third-order valence-corrected chi connectivity index (χ3v) is 2.99. The Bertz CT molecular complexity index is 576. The summed E-state index contributed by atoms with van der Waals surface area (Å²) in [6, 6.07) is 14.2. The Labute approximate surface area is 112 Å². The van der Waals surface area contributed by atoms with Crippen molar-refractivity contribution in [2.75, 3.05) is 7.11 Å². The lowest BCUT2D eigenvalue weighted by Crippen LogP contribution is -2.00. The molecular weight excluding hydrogens is 240 g/mol. The van der Waals surface area contributed by atoms with Crippen LogP contribution in [-0.2, 0) is 0 Å². The van der Waals surface area contributed by atoms with Crippen molar-refractivity contribution in [3.8, 4) is 11.5 Å². The zero-order chi connectivity index (χ0) is 13.8. The van der Waals surface area contributed by atoms with Gasteiger partial charge in [-0.15, -0.1) is 0 Å². The molecular formula is C16H16O3. The Morgan fingerprint density at radius 1 is 1.16 bits per heavy atom. The molecule has 1 unspecified atom stereocenters. The van der Waals surface area contributed by atoms with E-state index >= 15 is 0 Å². The maximum Gasteiger partial charge on any atom is 0.160 e. The van der Waals surface area contributed by atoms with Gasteiger partial charge in [-0.3, -0.25) is 0 Å². The first-order chi connectivity index (χ1) is 9.13. The lowest BCUT2D eigenvalue weighted by Gasteiger charge is -2.15. The Morgan fingerprint density at radius 2 is 1.84 bits per heavy atom. The van der Waals surface area contributed by atoms with E-state index in [-0.39, 0.29) is 5.75 Å². The molecule has 0 heterocycles. The first-order valence-corrected chi connectivity index (χ1v) is 5.92. The van der Waals surface area contributed by atoms with Gasteiger partial charge in [-0.25, -0.2) is 0 Å². The van der Waals surface area contributed by atoms with E-state index in [4.69, 9.17) is 4.74 Å². The average molecular weight is 256 g/mol.